The zero-order chi connectivity index (χ0) is 17.8. The van der Waals surface area contributed by atoms with Gasteiger partial charge in [-0.3, -0.25) is 4.90 Å². The SMILES string of the molecule is Brc1c(NCCN2CCOCC2)nc(-n2cccn2)nc1-n1cccn1. The zero-order valence-corrected chi connectivity index (χ0v) is 15.7. The third-order valence-corrected chi connectivity index (χ3v) is 4.81. The first-order valence-electron chi connectivity index (χ1n) is 8.43. The van der Waals surface area contributed by atoms with Crippen molar-refractivity contribution in [3.8, 4) is 11.8 Å². The Morgan fingerprint density at radius 3 is 2.46 bits per heavy atom. The smallest absolute Gasteiger partial charge is 0.254 e. The fourth-order valence-electron chi connectivity index (χ4n) is 2.73. The average molecular weight is 419 g/mol. The summed E-state index contributed by atoms with van der Waals surface area (Å²) in [6.07, 6.45) is 7.07. The maximum absolute atomic E-state index is 5.39. The highest BCUT2D eigenvalue weighted by molar-refractivity contribution is 9.10. The lowest BCUT2D eigenvalue weighted by Gasteiger charge is -2.26. The van der Waals surface area contributed by atoms with E-state index in [4.69, 9.17) is 4.74 Å². The first kappa shape index (κ1) is 17.1. The second-order valence-electron chi connectivity index (χ2n) is 5.79. The maximum atomic E-state index is 5.39. The van der Waals surface area contributed by atoms with Crippen LogP contribution in [0.25, 0.3) is 11.8 Å². The molecule has 0 aliphatic carbocycles. The van der Waals surface area contributed by atoms with Gasteiger partial charge in [-0.15, -0.1) is 0 Å². The molecule has 1 N–H and O–H groups in total. The van der Waals surface area contributed by atoms with Gasteiger partial charge in [0.25, 0.3) is 5.95 Å². The summed E-state index contributed by atoms with van der Waals surface area (Å²) in [5, 5.41) is 11.9. The van der Waals surface area contributed by atoms with Crippen molar-refractivity contribution in [3.63, 3.8) is 0 Å². The van der Waals surface area contributed by atoms with Gasteiger partial charge in [0, 0.05) is 51.0 Å². The van der Waals surface area contributed by atoms with E-state index in [1.165, 1.54) is 0 Å². The highest BCUT2D eigenvalue weighted by atomic mass is 79.9. The van der Waals surface area contributed by atoms with Gasteiger partial charge in [-0.05, 0) is 28.1 Å². The molecule has 1 saturated heterocycles. The highest BCUT2D eigenvalue weighted by Crippen LogP contribution is 2.27. The van der Waals surface area contributed by atoms with Gasteiger partial charge in [0.15, 0.2) is 5.82 Å². The van der Waals surface area contributed by atoms with Crippen LogP contribution in [0.2, 0.25) is 0 Å². The normalized spacial score (nSPS) is 15.3. The monoisotopic (exact) mass is 418 g/mol. The second kappa shape index (κ2) is 7.94. The Bertz CT molecular complexity index is 830. The molecular formula is C16H19BrN8O. The van der Waals surface area contributed by atoms with Gasteiger partial charge in [-0.25, -0.2) is 9.36 Å². The molecule has 1 aliphatic rings. The molecule has 0 saturated carbocycles. The van der Waals surface area contributed by atoms with Gasteiger partial charge < -0.3 is 10.1 Å². The predicted octanol–water partition coefficient (Wildman–Crippen LogP) is 1.35. The lowest BCUT2D eigenvalue weighted by atomic mass is 10.4. The number of aromatic nitrogens is 6. The highest BCUT2D eigenvalue weighted by Gasteiger charge is 2.16. The van der Waals surface area contributed by atoms with E-state index in [-0.39, 0.29) is 0 Å². The van der Waals surface area contributed by atoms with Crippen molar-refractivity contribution in [1.29, 1.82) is 0 Å². The molecular weight excluding hydrogens is 400 g/mol. The van der Waals surface area contributed by atoms with Crippen LogP contribution >= 0.6 is 15.9 Å². The second-order valence-corrected chi connectivity index (χ2v) is 6.58. The number of ether oxygens (including phenoxy) is 1. The first-order valence-corrected chi connectivity index (χ1v) is 9.22. The molecule has 4 rings (SSSR count). The van der Waals surface area contributed by atoms with E-state index in [0.717, 1.165) is 43.9 Å². The molecule has 3 aromatic heterocycles. The molecule has 10 heteroatoms. The molecule has 0 atom stereocenters. The lowest BCUT2D eigenvalue weighted by molar-refractivity contribution is 0.0398. The Labute approximate surface area is 159 Å². The number of morpholine rings is 1. The molecule has 3 aromatic rings. The van der Waals surface area contributed by atoms with E-state index in [1.807, 2.05) is 24.5 Å². The summed E-state index contributed by atoms with van der Waals surface area (Å²) in [5.41, 5.74) is 0. The summed E-state index contributed by atoms with van der Waals surface area (Å²) in [7, 11) is 0. The van der Waals surface area contributed by atoms with Crippen LogP contribution in [0.1, 0.15) is 0 Å². The Balaban J connectivity index is 1.58. The van der Waals surface area contributed by atoms with Crippen molar-refractivity contribution >= 4 is 21.7 Å². The molecule has 0 aromatic carbocycles. The van der Waals surface area contributed by atoms with Gasteiger partial charge in [-0.2, -0.15) is 20.2 Å². The number of hydrogen-bond donors (Lipinski definition) is 1. The molecule has 136 valence electrons. The Kier molecular flexibility index (Phi) is 5.23. The largest absolute Gasteiger partial charge is 0.379 e. The molecule has 0 bridgehead atoms. The van der Waals surface area contributed by atoms with Crippen LogP contribution < -0.4 is 5.32 Å². The third kappa shape index (κ3) is 3.76. The minimum absolute atomic E-state index is 0.484. The lowest BCUT2D eigenvalue weighted by Crippen LogP contribution is -2.39. The minimum atomic E-state index is 0.484. The summed E-state index contributed by atoms with van der Waals surface area (Å²) in [6, 6.07) is 3.69. The number of anilines is 1. The number of hydrogen-bond acceptors (Lipinski definition) is 7. The van der Waals surface area contributed by atoms with E-state index in [1.54, 1.807) is 21.8 Å². The molecule has 4 heterocycles. The standard InChI is InChI=1S/C16H19BrN8O/c17-13-14(18-5-8-23-9-11-26-12-10-23)21-16(25-7-2-4-20-25)22-15(13)24-6-1-3-19-24/h1-4,6-7H,5,8-12H2,(H,18,21,22). The van der Waals surface area contributed by atoms with Crippen LogP contribution in [0.15, 0.2) is 41.4 Å². The van der Waals surface area contributed by atoms with E-state index in [0.29, 0.717) is 17.6 Å². The van der Waals surface area contributed by atoms with E-state index < -0.39 is 0 Å². The quantitative estimate of drug-likeness (QED) is 0.646. The molecule has 1 aliphatic heterocycles. The number of halogens is 1. The van der Waals surface area contributed by atoms with Crippen LogP contribution in [-0.2, 0) is 4.74 Å². The molecule has 0 unspecified atom stereocenters. The number of nitrogens with zero attached hydrogens (tertiary/aromatic N) is 7. The van der Waals surface area contributed by atoms with Crippen LogP contribution in [0.4, 0.5) is 5.82 Å². The van der Waals surface area contributed by atoms with Crippen molar-refractivity contribution in [2.45, 2.75) is 0 Å². The molecule has 9 nitrogen and oxygen atoms in total. The summed E-state index contributed by atoms with van der Waals surface area (Å²) in [6.45, 7) is 5.21. The van der Waals surface area contributed by atoms with Gasteiger partial charge in [-0.1, -0.05) is 0 Å². The van der Waals surface area contributed by atoms with Crippen LogP contribution in [0.3, 0.4) is 0 Å². The van der Waals surface area contributed by atoms with Crippen molar-refractivity contribution < 1.29 is 4.74 Å². The van der Waals surface area contributed by atoms with Crippen LogP contribution in [0, 0.1) is 0 Å². The molecule has 1 fully saturated rings. The van der Waals surface area contributed by atoms with E-state index in [9.17, 15) is 0 Å². The Morgan fingerprint density at radius 1 is 1.04 bits per heavy atom. The van der Waals surface area contributed by atoms with Crippen LogP contribution in [-0.4, -0.2) is 73.8 Å². The molecule has 0 amide bonds. The van der Waals surface area contributed by atoms with Gasteiger partial charge >= 0.3 is 0 Å². The topological polar surface area (TPSA) is 85.9 Å². The summed E-state index contributed by atoms with van der Waals surface area (Å²) < 4.78 is 9.48. The number of nitrogens with one attached hydrogen (secondary N) is 1. The van der Waals surface area contributed by atoms with E-state index >= 15 is 0 Å². The average Bonchev–Trinajstić information content (AvgIpc) is 3.38. The van der Waals surface area contributed by atoms with Crippen molar-refractivity contribution in [1.82, 2.24) is 34.4 Å². The predicted molar refractivity (Wildman–Crippen MR) is 99.7 cm³/mol. The molecule has 0 radical (unpaired) electrons. The van der Waals surface area contributed by atoms with Crippen molar-refractivity contribution in [3.05, 3.63) is 41.4 Å². The Morgan fingerprint density at radius 2 is 1.77 bits per heavy atom. The van der Waals surface area contributed by atoms with Crippen molar-refractivity contribution in [2.24, 2.45) is 0 Å². The molecule has 26 heavy (non-hydrogen) atoms. The third-order valence-electron chi connectivity index (χ3n) is 4.08. The minimum Gasteiger partial charge on any atom is -0.379 e. The van der Waals surface area contributed by atoms with E-state index in [2.05, 4.69) is 46.3 Å². The Hall–Kier alpha value is -2.30. The molecule has 0 spiro atoms. The maximum Gasteiger partial charge on any atom is 0.254 e. The zero-order valence-electron chi connectivity index (χ0n) is 14.1. The number of rotatable bonds is 6. The van der Waals surface area contributed by atoms with Gasteiger partial charge in [0.05, 0.1) is 13.2 Å². The fraction of sp³-hybridized carbons (Fsp3) is 0.375. The van der Waals surface area contributed by atoms with Gasteiger partial charge in [0.1, 0.15) is 10.3 Å². The summed E-state index contributed by atoms with van der Waals surface area (Å²) in [4.78, 5) is 11.6. The van der Waals surface area contributed by atoms with Crippen molar-refractivity contribution in [2.75, 3.05) is 44.7 Å². The van der Waals surface area contributed by atoms with Gasteiger partial charge in [0.2, 0.25) is 0 Å². The fourth-order valence-corrected chi connectivity index (χ4v) is 3.23. The summed E-state index contributed by atoms with van der Waals surface area (Å²) in [5.74, 6) is 1.85. The summed E-state index contributed by atoms with van der Waals surface area (Å²) >= 11 is 3.61. The first-order chi connectivity index (χ1) is 12.8. The van der Waals surface area contributed by atoms with Crippen LogP contribution in [0.5, 0.6) is 0 Å².